The van der Waals surface area contributed by atoms with E-state index in [0.717, 1.165) is 24.1 Å². The maximum absolute atomic E-state index is 12.4. The Bertz CT molecular complexity index is 773. The van der Waals surface area contributed by atoms with Crippen molar-refractivity contribution in [2.75, 3.05) is 11.9 Å². The summed E-state index contributed by atoms with van der Waals surface area (Å²) in [6, 6.07) is 5.57. The van der Waals surface area contributed by atoms with Crippen molar-refractivity contribution in [2.45, 2.75) is 45.6 Å². The maximum atomic E-state index is 12.4. The highest BCUT2D eigenvalue weighted by Gasteiger charge is 2.11. The number of aromatic nitrogens is 3. The highest BCUT2D eigenvalue weighted by atomic mass is 16.1. The maximum Gasteiger partial charge on any atom is 0.270 e. The van der Waals surface area contributed by atoms with Crippen molar-refractivity contribution < 1.29 is 4.79 Å². The fourth-order valence-corrected chi connectivity index (χ4v) is 3.01. The molecular weight excluding hydrogens is 326 g/mol. The fraction of sp³-hybridized carbons (Fsp3) is 0.400. The van der Waals surface area contributed by atoms with E-state index in [-0.39, 0.29) is 5.91 Å². The lowest BCUT2D eigenvalue weighted by atomic mass is 9.97. The molecule has 0 atom stereocenters. The smallest absolute Gasteiger partial charge is 0.270 e. The third-order valence-corrected chi connectivity index (χ3v) is 4.38. The molecule has 0 spiro atoms. The number of hydrogen-bond acceptors (Lipinski definition) is 5. The molecule has 1 aliphatic rings. The van der Waals surface area contributed by atoms with Crippen molar-refractivity contribution >= 4 is 11.9 Å². The van der Waals surface area contributed by atoms with Gasteiger partial charge in [-0.05, 0) is 56.7 Å². The number of aryl methyl sites for hydroxylation is 1. The van der Waals surface area contributed by atoms with Crippen molar-refractivity contribution in [1.29, 1.82) is 0 Å². The van der Waals surface area contributed by atoms with Gasteiger partial charge in [-0.25, -0.2) is 9.97 Å². The number of amides is 1. The number of hydrogen-bond donors (Lipinski definition) is 2. The van der Waals surface area contributed by atoms with Gasteiger partial charge in [-0.3, -0.25) is 9.78 Å². The van der Waals surface area contributed by atoms with E-state index in [1.54, 1.807) is 18.5 Å². The lowest BCUT2D eigenvalue weighted by molar-refractivity contribution is 0.0949. The first-order chi connectivity index (χ1) is 12.7. The average molecular weight is 351 g/mol. The standard InChI is InChI=1S/C20H25N5O/c1-15-12-18(19(26)22-11-9-16-6-3-2-4-7-16)25-20(24-15)23-14-17-8-5-10-21-13-17/h5-6,8,10,12-13H,2-4,7,9,11,14H2,1H3,(H,22,26)(H,23,24,25). The molecule has 0 aromatic carbocycles. The number of allylic oxidation sites excluding steroid dienone is 1. The molecule has 0 saturated heterocycles. The van der Waals surface area contributed by atoms with Gasteiger partial charge in [0, 0.05) is 31.2 Å². The zero-order valence-electron chi connectivity index (χ0n) is 15.2. The summed E-state index contributed by atoms with van der Waals surface area (Å²) in [5.74, 6) is 0.297. The summed E-state index contributed by atoms with van der Waals surface area (Å²) in [4.78, 5) is 25.2. The predicted molar refractivity (Wildman–Crippen MR) is 102 cm³/mol. The molecule has 0 unspecified atom stereocenters. The second-order valence-corrected chi connectivity index (χ2v) is 6.55. The molecule has 2 heterocycles. The molecule has 0 bridgehead atoms. The Hall–Kier alpha value is -2.76. The van der Waals surface area contributed by atoms with Crippen LogP contribution in [0.3, 0.4) is 0 Å². The van der Waals surface area contributed by atoms with E-state index in [1.165, 1.54) is 24.8 Å². The van der Waals surface area contributed by atoms with Gasteiger partial charge in [-0.1, -0.05) is 17.7 Å². The molecule has 0 radical (unpaired) electrons. The van der Waals surface area contributed by atoms with Crippen LogP contribution < -0.4 is 10.6 Å². The Balaban J connectivity index is 1.55. The van der Waals surface area contributed by atoms with Crippen molar-refractivity contribution in [3.8, 4) is 0 Å². The van der Waals surface area contributed by atoms with Crippen LogP contribution >= 0.6 is 0 Å². The highest BCUT2D eigenvalue weighted by Crippen LogP contribution is 2.19. The van der Waals surface area contributed by atoms with Gasteiger partial charge in [-0.2, -0.15) is 0 Å². The highest BCUT2D eigenvalue weighted by molar-refractivity contribution is 5.92. The number of carbonyl (C=O) groups excluding carboxylic acids is 1. The minimum absolute atomic E-state index is 0.156. The zero-order valence-corrected chi connectivity index (χ0v) is 15.2. The van der Waals surface area contributed by atoms with Crippen LogP contribution in [-0.4, -0.2) is 27.4 Å². The van der Waals surface area contributed by atoms with Gasteiger partial charge in [0.25, 0.3) is 5.91 Å². The SMILES string of the molecule is Cc1cc(C(=O)NCCC2=CCCCC2)nc(NCc2cccnc2)n1. The second kappa shape index (κ2) is 9.08. The van der Waals surface area contributed by atoms with E-state index >= 15 is 0 Å². The van der Waals surface area contributed by atoms with Gasteiger partial charge >= 0.3 is 0 Å². The van der Waals surface area contributed by atoms with Crippen molar-refractivity contribution in [3.05, 3.63) is 59.2 Å². The van der Waals surface area contributed by atoms with E-state index in [1.807, 2.05) is 19.1 Å². The summed E-state index contributed by atoms with van der Waals surface area (Å²) >= 11 is 0. The summed E-state index contributed by atoms with van der Waals surface area (Å²) in [6.07, 6.45) is 11.6. The number of carbonyl (C=O) groups is 1. The fourth-order valence-electron chi connectivity index (χ4n) is 3.01. The van der Waals surface area contributed by atoms with Crippen LogP contribution in [0, 0.1) is 6.92 Å². The van der Waals surface area contributed by atoms with Gasteiger partial charge in [0.15, 0.2) is 0 Å². The van der Waals surface area contributed by atoms with Crippen LogP contribution in [0.5, 0.6) is 0 Å². The monoisotopic (exact) mass is 351 g/mol. The lowest BCUT2D eigenvalue weighted by Crippen LogP contribution is -2.26. The lowest BCUT2D eigenvalue weighted by Gasteiger charge is -2.13. The first kappa shape index (κ1) is 18.0. The first-order valence-electron chi connectivity index (χ1n) is 9.15. The Labute approximate surface area is 154 Å². The zero-order chi connectivity index (χ0) is 18.2. The van der Waals surface area contributed by atoms with Gasteiger partial charge in [0.2, 0.25) is 5.95 Å². The largest absolute Gasteiger partial charge is 0.350 e. The number of anilines is 1. The van der Waals surface area contributed by atoms with Gasteiger partial charge in [-0.15, -0.1) is 0 Å². The molecule has 136 valence electrons. The minimum atomic E-state index is -0.156. The van der Waals surface area contributed by atoms with E-state index in [2.05, 4.69) is 31.7 Å². The molecule has 2 aromatic heterocycles. The average Bonchev–Trinajstić information content (AvgIpc) is 2.67. The molecular formula is C20H25N5O. The normalized spacial score (nSPS) is 13.8. The molecule has 0 aliphatic heterocycles. The van der Waals surface area contributed by atoms with Crippen molar-refractivity contribution in [2.24, 2.45) is 0 Å². The molecule has 6 nitrogen and oxygen atoms in total. The van der Waals surface area contributed by atoms with E-state index in [0.29, 0.717) is 24.7 Å². The Morgan fingerprint density at radius 3 is 2.96 bits per heavy atom. The van der Waals surface area contributed by atoms with Crippen LogP contribution in [0.2, 0.25) is 0 Å². The Morgan fingerprint density at radius 2 is 2.19 bits per heavy atom. The quantitative estimate of drug-likeness (QED) is 0.747. The molecule has 3 rings (SSSR count). The van der Waals surface area contributed by atoms with Crippen LogP contribution in [-0.2, 0) is 6.54 Å². The van der Waals surface area contributed by atoms with E-state index < -0.39 is 0 Å². The van der Waals surface area contributed by atoms with Crippen LogP contribution in [0.25, 0.3) is 0 Å². The number of pyridine rings is 1. The molecule has 2 aromatic rings. The second-order valence-electron chi connectivity index (χ2n) is 6.55. The van der Waals surface area contributed by atoms with Gasteiger partial charge < -0.3 is 10.6 Å². The first-order valence-corrected chi connectivity index (χ1v) is 9.15. The Kier molecular flexibility index (Phi) is 6.30. The molecule has 0 fully saturated rings. The van der Waals surface area contributed by atoms with Crippen LogP contribution in [0.15, 0.2) is 42.2 Å². The minimum Gasteiger partial charge on any atom is -0.350 e. The van der Waals surface area contributed by atoms with E-state index in [4.69, 9.17) is 0 Å². The molecule has 1 aliphatic carbocycles. The summed E-state index contributed by atoms with van der Waals surface area (Å²) < 4.78 is 0. The molecule has 2 N–H and O–H groups in total. The van der Waals surface area contributed by atoms with Crippen molar-refractivity contribution in [3.63, 3.8) is 0 Å². The third kappa shape index (κ3) is 5.37. The molecule has 0 saturated carbocycles. The summed E-state index contributed by atoms with van der Waals surface area (Å²) in [5, 5.41) is 6.12. The summed E-state index contributed by atoms with van der Waals surface area (Å²) in [6.45, 7) is 3.07. The number of nitrogens with zero attached hydrogens (tertiary/aromatic N) is 3. The van der Waals surface area contributed by atoms with E-state index in [9.17, 15) is 4.79 Å². The molecule has 26 heavy (non-hydrogen) atoms. The van der Waals surface area contributed by atoms with Crippen LogP contribution in [0.1, 0.15) is 53.8 Å². The van der Waals surface area contributed by atoms with Gasteiger partial charge in [0.1, 0.15) is 5.69 Å². The topological polar surface area (TPSA) is 79.8 Å². The Morgan fingerprint density at radius 1 is 1.27 bits per heavy atom. The van der Waals surface area contributed by atoms with Crippen molar-refractivity contribution in [1.82, 2.24) is 20.3 Å². The summed E-state index contributed by atoms with van der Waals surface area (Å²) in [7, 11) is 0. The van der Waals surface area contributed by atoms with Crippen LogP contribution in [0.4, 0.5) is 5.95 Å². The molecule has 6 heteroatoms. The number of nitrogens with one attached hydrogen (secondary N) is 2. The predicted octanol–water partition coefficient (Wildman–Crippen LogP) is 3.41. The molecule has 1 amide bonds. The number of rotatable bonds is 7. The van der Waals surface area contributed by atoms with Gasteiger partial charge in [0.05, 0.1) is 0 Å². The third-order valence-electron chi connectivity index (χ3n) is 4.38. The summed E-state index contributed by atoms with van der Waals surface area (Å²) in [5.41, 5.74) is 3.64.